The minimum Gasteiger partial charge on any atom is -0.396 e. The molecule has 0 fully saturated rings. The normalized spacial score (nSPS) is 12.1. The standard InChI is InChI=1S/C7H6F5N3/c8-6(9)5-3(7(10,11)12)4(14)2(13)1-15-5/h1,6H,13H2,(H2,14,15). The Hall–Kier alpha value is -1.60. The Bertz CT molecular complexity index is 374. The molecule has 0 amide bonds. The Kier molecular flexibility index (Phi) is 2.69. The number of anilines is 2. The highest BCUT2D eigenvalue weighted by Gasteiger charge is 2.39. The Morgan fingerprint density at radius 2 is 1.73 bits per heavy atom. The van der Waals surface area contributed by atoms with Crippen molar-refractivity contribution in [2.45, 2.75) is 12.6 Å². The minimum absolute atomic E-state index is 0.480. The van der Waals surface area contributed by atoms with Gasteiger partial charge < -0.3 is 11.5 Å². The summed E-state index contributed by atoms with van der Waals surface area (Å²) in [7, 11) is 0. The van der Waals surface area contributed by atoms with Gasteiger partial charge in [-0.2, -0.15) is 13.2 Å². The van der Waals surface area contributed by atoms with Crippen LogP contribution in [0, 0.1) is 0 Å². The molecule has 1 rings (SSSR count). The molecular weight excluding hydrogens is 221 g/mol. The fraction of sp³-hybridized carbons (Fsp3) is 0.286. The Morgan fingerprint density at radius 3 is 2.13 bits per heavy atom. The SMILES string of the molecule is Nc1cnc(C(F)F)c(C(F)(F)F)c1N. The van der Waals surface area contributed by atoms with Gasteiger partial charge in [-0.3, -0.25) is 4.98 Å². The van der Waals surface area contributed by atoms with Gasteiger partial charge in [0, 0.05) is 0 Å². The summed E-state index contributed by atoms with van der Waals surface area (Å²) >= 11 is 0. The molecule has 4 N–H and O–H groups in total. The summed E-state index contributed by atoms with van der Waals surface area (Å²) in [5.74, 6) is 0. The summed E-state index contributed by atoms with van der Waals surface area (Å²) in [5, 5.41) is 0. The molecule has 0 aliphatic rings. The van der Waals surface area contributed by atoms with E-state index in [9.17, 15) is 22.0 Å². The summed E-state index contributed by atoms with van der Waals surface area (Å²) in [6.07, 6.45) is -7.69. The molecule has 0 radical (unpaired) electrons. The molecule has 0 aliphatic heterocycles. The average molecular weight is 227 g/mol. The van der Waals surface area contributed by atoms with Crippen molar-refractivity contribution in [2.75, 3.05) is 11.5 Å². The number of aromatic nitrogens is 1. The smallest absolute Gasteiger partial charge is 0.396 e. The van der Waals surface area contributed by atoms with Crippen LogP contribution in [-0.4, -0.2) is 4.98 Å². The molecule has 0 aliphatic carbocycles. The van der Waals surface area contributed by atoms with E-state index >= 15 is 0 Å². The van der Waals surface area contributed by atoms with E-state index in [-0.39, 0.29) is 0 Å². The highest BCUT2D eigenvalue weighted by Crippen LogP contribution is 2.40. The Morgan fingerprint density at radius 1 is 1.20 bits per heavy atom. The molecule has 3 nitrogen and oxygen atoms in total. The maximum absolute atomic E-state index is 12.3. The summed E-state index contributed by atoms with van der Waals surface area (Å²) in [5.41, 5.74) is 5.56. The van der Waals surface area contributed by atoms with Crippen molar-refractivity contribution < 1.29 is 22.0 Å². The number of nitrogens with zero attached hydrogens (tertiary/aromatic N) is 1. The molecule has 8 heteroatoms. The third kappa shape index (κ3) is 2.08. The van der Waals surface area contributed by atoms with E-state index in [0.29, 0.717) is 6.20 Å². The van der Waals surface area contributed by atoms with Gasteiger partial charge in [0.15, 0.2) is 0 Å². The van der Waals surface area contributed by atoms with Crippen molar-refractivity contribution in [1.29, 1.82) is 0 Å². The monoisotopic (exact) mass is 227 g/mol. The molecule has 0 bridgehead atoms. The quantitative estimate of drug-likeness (QED) is 0.723. The third-order valence-electron chi connectivity index (χ3n) is 1.67. The molecule has 1 aromatic heterocycles. The van der Waals surface area contributed by atoms with Crippen molar-refractivity contribution in [3.05, 3.63) is 17.5 Å². The number of rotatable bonds is 1. The third-order valence-corrected chi connectivity index (χ3v) is 1.67. The first-order valence-electron chi connectivity index (χ1n) is 3.64. The Labute approximate surface area is 80.9 Å². The van der Waals surface area contributed by atoms with E-state index in [1.54, 1.807) is 0 Å². The maximum Gasteiger partial charge on any atom is 0.420 e. The molecule has 1 aromatic rings. The van der Waals surface area contributed by atoms with Gasteiger partial charge in [-0.1, -0.05) is 0 Å². The maximum atomic E-state index is 12.3. The molecule has 1 heterocycles. The highest BCUT2D eigenvalue weighted by atomic mass is 19.4. The molecule has 0 saturated carbocycles. The zero-order valence-corrected chi connectivity index (χ0v) is 7.15. The lowest BCUT2D eigenvalue weighted by atomic mass is 10.1. The second-order valence-corrected chi connectivity index (χ2v) is 2.69. The first-order chi connectivity index (χ1) is 6.75. The van der Waals surface area contributed by atoms with Crippen LogP contribution in [0.3, 0.4) is 0 Å². The van der Waals surface area contributed by atoms with Crippen molar-refractivity contribution in [2.24, 2.45) is 0 Å². The van der Waals surface area contributed by atoms with Gasteiger partial charge in [-0.05, 0) is 0 Å². The van der Waals surface area contributed by atoms with Crippen LogP contribution in [0.15, 0.2) is 6.20 Å². The fourth-order valence-electron chi connectivity index (χ4n) is 1.02. The number of hydrogen-bond acceptors (Lipinski definition) is 3. The van der Waals surface area contributed by atoms with E-state index in [1.165, 1.54) is 0 Å². The lowest BCUT2D eigenvalue weighted by Gasteiger charge is -2.15. The van der Waals surface area contributed by atoms with E-state index in [2.05, 4.69) is 4.98 Å². The van der Waals surface area contributed by atoms with Crippen LogP contribution >= 0.6 is 0 Å². The van der Waals surface area contributed by atoms with Crippen LogP contribution in [0.1, 0.15) is 17.7 Å². The van der Waals surface area contributed by atoms with Crippen molar-refractivity contribution in [3.63, 3.8) is 0 Å². The van der Waals surface area contributed by atoms with Gasteiger partial charge in [0.2, 0.25) is 0 Å². The lowest BCUT2D eigenvalue weighted by Crippen LogP contribution is -2.16. The van der Waals surface area contributed by atoms with Crippen LogP contribution in [0.2, 0.25) is 0 Å². The van der Waals surface area contributed by atoms with Gasteiger partial charge >= 0.3 is 6.18 Å². The number of alkyl halides is 5. The Balaban J connectivity index is 3.49. The van der Waals surface area contributed by atoms with Gasteiger partial charge in [0.1, 0.15) is 11.3 Å². The molecule has 0 unspecified atom stereocenters. The van der Waals surface area contributed by atoms with Gasteiger partial charge in [-0.15, -0.1) is 0 Å². The molecule has 0 spiro atoms. The largest absolute Gasteiger partial charge is 0.420 e. The first kappa shape index (κ1) is 11.5. The van der Waals surface area contributed by atoms with Crippen LogP contribution in [0.5, 0.6) is 0 Å². The molecule has 15 heavy (non-hydrogen) atoms. The summed E-state index contributed by atoms with van der Waals surface area (Å²) in [4.78, 5) is 2.93. The van der Waals surface area contributed by atoms with Crippen LogP contribution in [0.25, 0.3) is 0 Å². The van der Waals surface area contributed by atoms with E-state index in [1.807, 2.05) is 0 Å². The predicted octanol–water partition coefficient (Wildman–Crippen LogP) is 2.20. The average Bonchev–Trinajstić information content (AvgIpc) is 2.06. The second-order valence-electron chi connectivity index (χ2n) is 2.69. The first-order valence-corrected chi connectivity index (χ1v) is 3.64. The van der Waals surface area contributed by atoms with Crippen LogP contribution < -0.4 is 11.5 Å². The lowest BCUT2D eigenvalue weighted by molar-refractivity contribution is -0.139. The minimum atomic E-state index is -5.00. The molecular formula is C7H6F5N3. The van der Waals surface area contributed by atoms with Gasteiger partial charge in [-0.25, -0.2) is 8.78 Å². The number of hydrogen-bond donors (Lipinski definition) is 2. The van der Waals surface area contributed by atoms with Crippen molar-refractivity contribution in [1.82, 2.24) is 4.98 Å². The molecule has 0 atom stereocenters. The summed E-state index contributed by atoms with van der Waals surface area (Å²) in [6, 6.07) is 0. The summed E-state index contributed by atoms with van der Waals surface area (Å²) < 4.78 is 61.4. The van der Waals surface area contributed by atoms with Crippen molar-refractivity contribution in [3.8, 4) is 0 Å². The van der Waals surface area contributed by atoms with E-state index < -0.39 is 35.2 Å². The number of halogens is 5. The molecule has 0 saturated heterocycles. The number of nitrogen functional groups attached to an aromatic ring is 2. The highest BCUT2D eigenvalue weighted by molar-refractivity contribution is 5.68. The van der Waals surface area contributed by atoms with E-state index in [0.717, 1.165) is 0 Å². The predicted molar refractivity (Wildman–Crippen MR) is 43.0 cm³/mol. The van der Waals surface area contributed by atoms with Crippen molar-refractivity contribution >= 4 is 11.4 Å². The summed E-state index contributed by atoms with van der Waals surface area (Å²) in [6.45, 7) is 0. The molecule has 84 valence electrons. The van der Waals surface area contributed by atoms with Gasteiger partial charge in [0.25, 0.3) is 6.43 Å². The zero-order chi connectivity index (χ0) is 11.8. The van der Waals surface area contributed by atoms with Crippen LogP contribution in [-0.2, 0) is 6.18 Å². The molecule has 0 aromatic carbocycles. The number of nitrogens with two attached hydrogens (primary N) is 2. The van der Waals surface area contributed by atoms with Crippen LogP contribution in [0.4, 0.5) is 33.3 Å². The topological polar surface area (TPSA) is 64.9 Å². The van der Waals surface area contributed by atoms with E-state index in [4.69, 9.17) is 11.5 Å². The zero-order valence-electron chi connectivity index (χ0n) is 7.15. The number of pyridine rings is 1. The fourth-order valence-corrected chi connectivity index (χ4v) is 1.02. The van der Waals surface area contributed by atoms with Gasteiger partial charge in [0.05, 0.1) is 17.6 Å². The second kappa shape index (κ2) is 3.52.